The molecule has 0 saturated heterocycles. The van der Waals surface area contributed by atoms with E-state index in [0.29, 0.717) is 13.0 Å². The predicted octanol–water partition coefficient (Wildman–Crippen LogP) is 13.4. The van der Waals surface area contributed by atoms with E-state index in [1.165, 1.54) is 96.3 Å². The van der Waals surface area contributed by atoms with Crippen molar-refractivity contribution < 1.29 is 19.4 Å². The molecule has 0 aromatic rings. The van der Waals surface area contributed by atoms with E-state index in [9.17, 15) is 9.90 Å². The summed E-state index contributed by atoms with van der Waals surface area (Å²) in [6, 6.07) is 0. The first kappa shape index (κ1) is 46.8. The van der Waals surface area contributed by atoms with Crippen LogP contribution in [0, 0.1) is 0 Å². The molecule has 0 aromatic heterocycles. The van der Waals surface area contributed by atoms with Crippen molar-refractivity contribution in [1.82, 2.24) is 0 Å². The molecule has 1 atom stereocenters. The minimum absolute atomic E-state index is 0.190. The summed E-state index contributed by atoms with van der Waals surface area (Å²) in [7, 11) is 0. The standard InChI is InChI=1S/C45H78O4/c1-3-5-7-9-11-13-15-17-18-19-20-21-22-23-24-25-26-27-29-31-33-35-37-39-41-48-43-44(42-46)49-45(47)40-38-36-34-32-30-28-16-14-12-10-8-6-4-2/h6,8,12,14-15,17,19-20,22-23,28,30,44,46H,3-5,7,9-11,13,16,18,21,24-27,29,31-43H2,1-2H3/b8-6-,14-12-,17-15-,20-19-,23-22-,30-28-. The normalized spacial score (nSPS) is 13.1. The van der Waals surface area contributed by atoms with Crippen LogP contribution in [0.2, 0.25) is 0 Å². The molecular formula is C45H78O4. The van der Waals surface area contributed by atoms with Crippen LogP contribution in [0.15, 0.2) is 72.9 Å². The van der Waals surface area contributed by atoms with Crippen molar-refractivity contribution in [2.24, 2.45) is 0 Å². The van der Waals surface area contributed by atoms with Crippen LogP contribution < -0.4 is 0 Å². The topological polar surface area (TPSA) is 55.8 Å². The van der Waals surface area contributed by atoms with Crippen molar-refractivity contribution in [2.75, 3.05) is 19.8 Å². The Kier molecular flexibility index (Phi) is 40.1. The second-order valence-corrected chi connectivity index (χ2v) is 13.3. The summed E-state index contributed by atoms with van der Waals surface area (Å²) < 4.78 is 11.1. The molecular weight excluding hydrogens is 604 g/mol. The molecule has 0 fully saturated rings. The molecule has 0 rings (SSSR count). The van der Waals surface area contributed by atoms with Crippen LogP contribution >= 0.6 is 0 Å². The molecule has 4 heteroatoms. The molecule has 1 N–H and O–H groups in total. The summed E-state index contributed by atoms with van der Waals surface area (Å²) in [5, 5.41) is 9.57. The van der Waals surface area contributed by atoms with Gasteiger partial charge in [0.25, 0.3) is 0 Å². The molecule has 0 aliphatic rings. The van der Waals surface area contributed by atoms with Gasteiger partial charge in [-0.1, -0.05) is 164 Å². The maximum absolute atomic E-state index is 12.1. The predicted molar refractivity (Wildman–Crippen MR) is 214 cm³/mol. The van der Waals surface area contributed by atoms with Crippen molar-refractivity contribution in [1.29, 1.82) is 0 Å². The summed E-state index contributed by atoms with van der Waals surface area (Å²) in [6.45, 7) is 5.17. The van der Waals surface area contributed by atoms with Gasteiger partial charge in [0.2, 0.25) is 0 Å². The van der Waals surface area contributed by atoms with E-state index in [0.717, 1.165) is 64.2 Å². The summed E-state index contributed by atoms with van der Waals surface area (Å²) in [4.78, 5) is 12.1. The molecule has 0 aliphatic heterocycles. The van der Waals surface area contributed by atoms with Gasteiger partial charge in [-0.3, -0.25) is 4.79 Å². The number of esters is 1. The van der Waals surface area contributed by atoms with E-state index < -0.39 is 6.10 Å². The van der Waals surface area contributed by atoms with Crippen LogP contribution in [0.4, 0.5) is 0 Å². The van der Waals surface area contributed by atoms with E-state index in [1.807, 2.05) is 0 Å². The average Bonchev–Trinajstić information content (AvgIpc) is 3.11. The third-order valence-corrected chi connectivity index (χ3v) is 8.52. The number of ether oxygens (including phenoxy) is 2. The first-order valence-electron chi connectivity index (χ1n) is 20.5. The van der Waals surface area contributed by atoms with Crippen LogP contribution in [0.1, 0.15) is 181 Å². The van der Waals surface area contributed by atoms with E-state index >= 15 is 0 Å². The number of unbranched alkanes of at least 4 members (excludes halogenated alkanes) is 17. The number of hydrogen-bond donors (Lipinski definition) is 1. The largest absolute Gasteiger partial charge is 0.457 e. The van der Waals surface area contributed by atoms with E-state index in [1.54, 1.807) is 0 Å². The lowest BCUT2D eigenvalue weighted by molar-refractivity contribution is -0.154. The fourth-order valence-corrected chi connectivity index (χ4v) is 5.47. The van der Waals surface area contributed by atoms with Crippen LogP contribution in [-0.4, -0.2) is 37.0 Å². The molecule has 4 nitrogen and oxygen atoms in total. The SMILES string of the molecule is CC/C=C\C/C=C\C/C=C\CCCCCC(=O)OC(CO)COCCCCCCCCCCC/C=C\C/C=C\C/C=C\CCCCCCC. The molecule has 0 amide bonds. The van der Waals surface area contributed by atoms with Crippen molar-refractivity contribution in [3.63, 3.8) is 0 Å². The lowest BCUT2D eigenvalue weighted by Crippen LogP contribution is -2.27. The minimum Gasteiger partial charge on any atom is -0.457 e. The molecule has 282 valence electrons. The average molecular weight is 683 g/mol. The Hall–Kier alpha value is -2.17. The smallest absolute Gasteiger partial charge is 0.306 e. The quantitative estimate of drug-likeness (QED) is 0.0402. The van der Waals surface area contributed by atoms with Crippen molar-refractivity contribution in [3.8, 4) is 0 Å². The summed E-state index contributed by atoms with van der Waals surface area (Å²) >= 11 is 0. The third kappa shape index (κ3) is 40.1. The van der Waals surface area contributed by atoms with Gasteiger partial charge >= 0.3 is 5.97 Å². The number of aliphatic hydroxyl groups is 1. The molecule has 0 radical (unpaired) electrons. The van der Waals surface area contributed by atoms with Gasteiger partial charge in [-0.05, 0) is 83.5 Å². The fraction of sp³-hybridized carbons (Fsp3) is 0.711. The Labute approximate surface area is 304 Å². The summed E-state index contributed by atoms with van der Waals surface area (Å²) in [5.41, 5.74) is 0. The van der Waals surface area contributed by atoms with Gasteiger partial charge in [-0.25, -0.2) is 0 Å². The second-order valence-electron chi connectivity index (χ2n) is 13.3. The molecule has 0 heterocycles. The van der Waals surface area contributed by atoms with E-state index in [-0.39, 0.29) is 19.2 Å². The monoisotopic (exact) mass is 683 g/mol. The van der Waals surface area contributed by atoms with Gasteiger partial charge in [0.1, 0.15) is 6.10 Å². The Morgan fingerprint density at radius 1 is 0.510 bits per heavy atom. The minimum atomic E-state index is -0.555. The Balaban J connectivity index is 3.49. The van der Waals surface area contributed by atoms with E-state index in [2.05, 4.69) is 86.8 Å². The highest BCUT2D eigenvalue weighted by molar-refractivity contribution is 5.69. The van der Waals surface area contributed by atoms with Gasteiger partial charge in [0.15, 0.2) is 0 Å². The first-order valence-corrected chi connectivity index (χ1v) is 20.5. The van der Waals surface area contributed by atoms with E-state index in [4.69, 9.17) is 9.47 Å². The molecule has 0 saturated carbocycles. The zero-order valence-corrected chi connectivity index (χ0v) is 32.2. The van der Waals surface area contributed by atoms with Crippen molar-refractivity contribution in [3.05, 3.63) is 72.9 Å². The fourth-order valence-electron chi connectivity index (χ4n) is 5.47. The van der Waals surface area contributed by atoms with Gasteiger partial charge in [0.05, 0.1) is 13.2 Å². The Morgan fingerprint density at radius 3 is 1.39 bits per heavy atom. The Morgan fingerprint density at radius 2 is 0.918 bits per heavy atom. The molecule has 0 bridgehead atoms. The number of aliphatic hydroxyl groups excluding tert-OH is 1. The molecule has 0 spiro atoms. The zero-order valence-electron chi connectivity index (χ0n) is 32.2. The van der Waals surface area contributed by atoms with Gasteiger partial charge < -0.3 is 14.6 Å². The zero-order chi connectivity index (χ0) is 35.6. The van der Waals surface area contributed by atoms with Gasteiger partial charge in [0, 0.05) is 13.0 Å². The van der Waals surface area contributed by atoms with Gasteiger partial charge in [-0.15, -0.1) is 0 Å². The Bertz CT molecular complexity index is 850. The molecule has 1 unspecified atom stereocenters. The highest BCUT2D eigenvalue weighted by Gasteiger charge is 2.13. The van der Waals surface area contributed by atoms with Crippen LogP contribution in [0.5, 0.6) is 0 Å². The molecule has 0 aromatic carbocycles. The van der Waals surface area contributed by atoms with Gasteiger partial charge in [-0.2, -0.15) is 0 Å². The first-order chi connectivity index (χ1) is 24.2. The maximum atomic E-state index is 12.1. The van der Waals surface area contributed by atoms with Crippen LogP contribution in [-0.2, 0) is 14.3 Å². The van der Waals surface area contributed by atoms with Crippen molar-refractivity contribution >= 4 is 5.97 Å². The summed E-state index contributed by atoms with van der Waals surface area (Å²) in [6.07, 6.45) is 56.7. The summed E-state index contributed by atoms with van der Waals surface area (Å²) in [5.74, 6) is -0.234. The second kappa shape index (κ2) is 42.0. The number of hydrogen-bond acceptors (Lipinski definition) is 4. The highest BCUT2D eigenvalue weighted by Crippen LogP contribution is 2.12. The number of carbonyl (C=O) groups is 1. The third-order valence-electron chi connectivity index (χ3n) is 8.52. The lowest BCUT2D eigenvalue weighted by Gasteiger charge is -2.15. The maximum Gasteiger partial charge on any atom is 0.306 e. The number of allylic oxidation sites excluding steroid dienone is 12. The number of carbonyl (C=O) groups excluding carboxylic acids is 1. The van der Waals surface area contributed by atoms with Crippen LogP contribution in [0.3, 0.4) is 0 Å². The number of rotatable bonds is 37. The van der Waals surface area contributed by atoms with Crippen molar-refractivity contribution in [2.45, 2.75) is 187 Å². The van der Waals surface area contributed by atoms with Crippen LogP contribution in [0.25, 0.3) is 0 Å². The molecule has 0 aliphatic carbocycles. The highest BCUT2D eigenvalue weighted by atomic mass is 16.6. The molecule has 49 heavy (non-hydrogen) atoms. The lowest BCUT2D eigenvalue weighted by atomic mass is 10.1.